The number of nitrogens with two attached hydrogens (primary N) is 1. The summed E-state index contributed by atoms with van der Waals surface area (Å²) in [5.74, 6) is -0.921. The summed E-state index contributed by atoms with van der Waals surface area (Å²) in [6.45, 7) is 0. The first-order valence-electron chi connectivity index (χ1n) is 4.59. The third kappa shape index (κ3) is 1.83. The molecule has 0 aliphatic carbocycles. The van der Waals surface area contributed by atoms with Crippen LogP contribution in [0.25, 0.3) is 11.3 Å². The molecule has 0 spiro atoms. The molecule has 0 aliphatic rings. The van der Waals surface area contributed by atoms with Gasteiger partial charge in [-0.2, -0.15) is 0 Å². The maximum absolute atomic E-state index is 11.0. The number of anilines is 1. The molecule has 0 fully saturated rings. The quantitative estimate of drug-likeness (QED) is 0.790. The number of aromatic carboxylic acids is 1. The highest BCUT2D eigenvalue weighted by Crippen LogP contribution is 2.20. The number of carboxylic acid groups (broad SMARTS) is 1. The Morgan fingerprint density at radius 3 is 2.56 bits per heavy atom. The van der Waals surface area contributed by atoms with Crippen LogP contribution in [-0.4, -0.2) is 21.0 Å². The van der Waals surface area contributed by atoms with Crippen LogP contribution in [0.2, 0.25) is 0 Å². The molecule has 16 heavy (non-hydrogen) atoms. The second-order valence-corrected chi connectivity index (χ2v) is 3.16. The first-order chi connectivity index (χ1) is 7.68. The predicted octanol–water partition coefficient (Wildman–Crippen LogP) is 1.42. The van der Waals surface area contributed by atoms with Crippen LogP contribution < -0.4 is 5.73 Å². The van der Waals surface area contributed by atoms with Gasteiger partial charge in [0, 0.05) is 5.56 Å². The maximum Gasteiger partial charge on any atom is 0.356 e. The van der Waals surface area contributed by atoms with E-state index in [0.717, 1.165) is 0 Å². The van der Waals surface area contributed by atoms with E-state index in [1.54, 1.807) is 24.3 Å². The molecule has 80 valence electrons. The molecule has 0 amide bonds. The lowest BCUT2D eigenvalue weighted by molar-refractivity contribution is 0.0691. The van der Waals surface area contributed by atoms with Gasteiger partial charge in [0.25, 0.3) is 0 Å². The summed E-state index contributed by atoms with van der Waals surface area (Å²) in [5.41, 5.74) is 6.37. The van der Waals surface area contributed by atoms with Gasteiger partial charge < -0.3 is 10.8 Å². The fourth-order valence-electron chi connectivity index (χ4n) is 1.36. The Balaban J connectivity index is 2.63. The standard InChI is InChI=1S/C11H9N3O2/c12-8-6-13-10(11(15)16)9(14-8)7-4-2-1-3-5-7/h1-6H,(H2,12,14)(H,15,16). The zero-order valence-electron chi connectivity index (χ0n) is 8.29. The van der Waals surface area contributed by atoms with Crippen LogP contribution in [0.15, 0.2) is 36.5 Å². The Kier molecular flexibility index (Phi) is 2.51. The van der Waals surface area contributed by atoms with E-state index in [9.17, 15) is 4.79 Å². The summed E-state index contributed by atoms with van der Waals surface area (Å²) in [6.07, 6.45) is 1.23. The lowest BCUT2D eigenvalue weighted by Crippen LogP contribution is -2.06. The van der Waals surface area contributed by atoms with Crippen LogP contribution >= 0.6 is 0 Å². The summed E-state index contributed by atoms with van der Waals surface area (Å²) in [4.78, 5) is 18.7. The van der Waals surface area contributed by atoms with Crippen LogP contribution in [0.5, 0.6) is 0 Å². The molecule has 0 radical (unpaired) electrons. The molecule has 3 N–H and O–H groups in total. The molecule has 1 aromatic heterocycles. The van der Waals surface area contributed by atoms with Gasteiger partial charge in [0.15, 0.2) is 5.69 Å². The van der Waals surface area contributed by atoms with Crippen LogP contribution in [0, 0.1) is 0 Å². The zero-order valence-corrected chi connectivity index (χ0v) is 8.29. The van der Waals surface area contributed by atoms with Gasteiger partial charge >= 0.3 is 5.97 Å². The van der Waals surface area contributed by atoms with Crippen molar-refractivity contribution >= 4 is 11.8 Å². The van der Waals surface area contributed by atoms with E-state index < -0.39 is 5.97 Å². The fraction of sp³-hybridized carbons (Fsp3) is 0. The Bertz CT molecular complexity index is 526. The second-order valence-electron chi connectivity index (χ2n) is 3.16. The molecule has 2 aromatic rings. The van der Waals surface area contributed by atoms with Crippen molar-refractivity contribution in [3.63, 3.8) is 0 Å². The number of hydrogen-bond donors (Lipinski definition) is 2. The average molecular weight is 215 g/mol. The van der Waals surface area contributed by atoms with E-state index >= 15 is 0 Å². The molecule has 0 unspecified atom stereocenters. The average Bonchev–Trinajstić information content (AvgIpc) is 2.29. The number of carbonyl (C=O) groups is 1. The molecule has 0 aliphatic heterocycles. The molecule has 1 aromatic carbocycles. The largest absolute Gasteiger partial charge is 0.476 e. The van der Waals surface area contributed by atoms with E-state index in [2.05, 4.69) is 9.97 Å². The van der Waals surface area contributed by atoms with Gasteiger partial charge in [-0.05, 0) is 0 Å². The first-order valence-corrected chi connectivity index (χ1v) is 4.59. The third-order valence-electron chi connectivity index (χ3n) is 2.04. The van der Waals surface area contributed by atoms with Gasteiger partial charge in [0.2, 0.25) is 0 Å². The Morgan fingerprint density at radius 2 is 1.94 bits per heavy atom. The van der Waals surface area contributed by atoms with Crippen LogP contribution in [-0.2, 0) is 0 Å². The summed E-state index contributed by atoms with van der Waals surface area (Å²) in [5, 5.41) is 8.97. The van der Waals surface area contributed by atoms with Gasteiger partial charge in [-0.25, -0.2) is 14.8 Å². The monoisotopic (exact) mass is 215 g/mol. The highest BCUT2D eigenvalue weighted by Gasteiger charge is 2.14. The normalized spacial score (nSPS) is 10.0. The van der Waals surface area contributed by atoms with Gasteiger partial charge in [-0.1, -0.05) is 30.3 Å². The highest BCUT2D eigenvalue weighted by molar-refractivity contribution is 5.92. The number of nitrogens with zero attached hydrogens (tertiary/aromatic N) is 2. The van der Waals surface area contributed by atoms with Crippen LogP contribution in [0.4, 0.5) is 5.82 Å². The van der Waals surface area contributed by atoms with E-state index in [1.165, 1.54) is 6.20 Å². The minimum atomic E-state index is -1.12. The van der Waals surface area contributed by atoms with Crippen molar-refractivity contribution in [3.05, 3.63) is 42.2 Å². The molecule has 0 saturated heterocycles. The van der Waals surface area contributed by atoms with Gasteiger partial charge in [0.1, 0.15) is 11.5 Å². The van der Waals surface area contributed by atoms with Crippen molar-refractivity contribution in [1.82, 2.24) is 9.97 Å². The summed E-state index contributed by atoms with van der Waals surface area (Å²) >= 11 is 0. The minimum absolute atomic E-state index is 0.0969. The number of rotatable bonds is 2. The predicted molar refractivity (Wildman–Crippen MR) is 58.8 cm³/mol. The van der Waals surface area contributed by atoms with E-state index in [1.807, 2.05) is 6.07 Å². The Labute approximate surface area is 91.6 Å². The smallest absolute Gasteiger partial charge is 0.356 e. The highest BCUT2D eigenvalue weighted by atomic mass is 16.4. The number of nitrogen functional groups attached to an aromatic ring is 1. The van der Waals surface area contributed by atoms with Crippen molar-refractivity contribution < 1.29 is 9.90 Å². The van der Waals surface area contributed by atoms with Gasteiger partial charge in [-0.15, -0.1) is 0 Å². The lowest BCUT2D eigenvalue weighted by Gasteiger charge is -2.04. The zero-order chi connectivity index (χ0) is 11.5. The Hall–Kier alpha value is -2.43. The van der Waals surface area contributed by atoms with Crippen molar-refractivity contribution in [2.45, 2.75) is 0 Å². The molecule has 0 atom stereocenters. The number of carboxylic acids is 1. The number of hydrogen-bond acceptors (Lipinski definition) is 4. The molecule has 0 bridgehead atoms. The maximum atomic E-state index is 11.0. The topological polar surface area (TPSA) is 89.1 Å². The lowest BCUT2D eigenvalue weighted by atomic mass is 10.1. The van der Waals surface area contributed by atoms with Gasteiger partial charge in [-0.3, -0.25) is 0 Å². The summed E-state index contributed by atoms with van der Waals surface area (Å²) in [6, 6.07) is 8.95. The van der Waals surface area contributed by atoms with Crippen molar-refractivity contribution in [1.29, 1.82) is 0 Å². The molecule has 5 heteroatoms. The fourth-order valence-corrected chi connectivity index (χ4v) is 1.36. The molecule has 1 heterocycles. The van der Waals surface area contributed by atoms with Crippen molar-refractivity contribution in [2.24, 2.45) is 0 Å². The SMILES string of the molecule is Nc1cnc(C(=O)O)c(-c2ccccc2)n1. The van der Waals surface area contributed by atoms with Crippen molar-refractivity contribution in [3.8, 4) is 11.3 Å². The minimum Gasteiger partial charge on any atom is -0.476 e. The summed E-state index contributed by atoms with van der Waals surface area (Å²) < 4.78 is 0. The molecule has 0 saturated carbocycles. The van der Waals surface area contributed by atoms with Crippen molar-refractivity contribution in [2.75, 3.05) is 5.73 Å². The molecule has 5 nitrogen and oxygen atoms in total. The summed E-state index contributed by atoms with van der Waals surface area (Å²) in [7, 11) is 0. The van der Waals surface area contributed by atoms with E-state index in [0.29, 0.717) is 5.56 Å². The number of benzene rings is 1. The van der Waals surface area contributed by atoms with Gasteiger partial charge in [0.05, 0.1) is 6.20 Å². The number of aromatic nitrogens is 2. The van der Waals surface area contributed by atoms with Crippen LogP contribution in [0.1, 0.15) is 10.5 Å². The second kappa shape index (κ2) is 3.98. The van der Waals surface area contributed by atoms with E-state index in [4.69, 9.17) is 10.8 Å². The molecular formula is C11H9N3O2. The molecule has 2 rings (SSSR count). The third-order valence-corrected chi connectivity index (χ3v) is 2.04. The molecular weight excluding hydrogens is 206 g/mol. The Morgan fingerprint density at radius 1 is 1.25 bits per heavy atom. The van der Waals surface area contributed by atoms with E-state index in [-0.39, 0.29) is 17.2 Å². The first kappa shape index (κ1) is 10.1. The van der Waals surface area contributed by atoms with Crippen LogP contribution in [0.3, 0.4) is 0 Å².